The molecule has 2 rings (SSSR count). The van der Waals surface area contributed by atoms with Crippen molar-refractivity contribution in [1.29, 1.82) is 0 Å². The smallest absolute Gasteiger partial charge is 0.250 e. The number of nitrogens with zero attached hydrogens (tertiary/aromatic N) is 1. The molecule has 0 radical (unpaired) electrons. The maximum absolute atomic E-state index is 13.1. The summed E-state index contributed by atoms with van der Waals surface area (Å²) in [6.07, 6.45) is 0.327. The van der Waals surface area contributed by atoms with E-state index >= 15 is 0 Å². The first-order chi connectivity index (χ1) is 14.2. The molecule has 0 aromatic heterocycles. The van der Waals surface area contributed by atoms with Gasteiger partial charge in [-0.05, 0) is 42.5 Å². The molecule has 6 nitrogen and oxygen atoms in total. The Balaban J connectivity index is 2.11. The zero-order valence-electron chi connectivity index (χ0n) is 18.4. The van der Waals surface area contributed by atoms with Crippen molar-refractivity contribution in [2.45, 2.75) is 40.2 Å². The van der Waals surface area contributed by atoms with Crippen molar-refractivity contribution in [3.63, 3.8) is 0 Å². The summed E-state index contributed by atoms with van der Waals surface area (Å²) in [5, 5.41) is 5.69. The molecule has 3 amide bonds. The van der Waals surface area contributed by atoms with Gasteiger partial charge in [-0.15, -0.1) is 0 Å². The summed E-state index contributed by atoms with van der Waals surface area (Å²) < 4.78 is 0. The van der Waals surface area contributed by atoms with E-state index < -0.39 is 6.04 Å². The number of hydrogen-bond acceptors (Lipinski definition) is 3. The van der Waals surface area contributed by atoms with Crippen LogP contribution in [0, 0.1) is 19.8 Å². The fraction of sp³-hybridized carbons (Fsp3) is 0.375. The Morgan fingerprint density at radius 1 is 0.933 bits per heavy atom. The fourth-order valence-electron chi connectivity index (χ4n) is 3.11. The third kappa shape index (κ3) is 6.44. The van der Waals surface area contributed by atoms with E-state index in [4.69, 9.17) is 0 Å². The van der Waals surface area contributed by atoms with Crippen LogP contribution in [0.2, 0.25) is 0 Å². The average molecular weight is 410 g/mol. The normalized spacial score (nSPS) is 11.7. The van der Waals surface area contributed by atoms with Crippen LogP contribution in [0.5, 0.6) is 0 Å². The number of likely N-dealkylation sites (N-methyl/N-ethyl adjacent to an activating group) is 1. The summed E-state index contributed by atoms with van der Waals surface area (Å²) in [5.41, 5.74) is 3.48. The van der Waals surface area contributed by atoms with Crippen LogP contribution in [0.3, 0.4) is 0 Å². The summed E-state index contributed by atoms with van der Waals surface area (Å²) in [6, 6.07) is 13.9. The van der Waals surface area contributed by atoms with E-state index in [9.17, 15) is 14.4 Å². The number of rotatable bonds is 8. The first-order valence-corrected chi connectivity index (χ1v) is 10.1. The van der Waals surface area contributed by atoms with Crippen molar-refractivity contribution < 1.29 is 14.4 Å². The molecule has 0 bridgehead atoms. The number of benzene rings is 2. The molecular weight excluding hydrogens is 378 g/mol. The molecule has 0 saturated carbocycles. The second kappa shape index (κ2) is 10.6. The Bertz CT molecular complexity index is 894. The molecule has 0 heterocycles. The number of hydrogen-bond donors (Lipinski definition) is 2. The lowest BCUT2D eigenvalue weighted by atomic mass is 10.0. The summed E-state index contributed by atoms with van der Waals surface area (Å²) in [6.45, 7) is 7.70. The van der Waals surface area contributed by atoms with Gasteiger partial charge in [0.05, 0.1) is 6.54 Å². The number of carbonyl (C=O) groups excluding carboxylic acids is 3. The van der Waals surface area contributed by atoms with Crippen LogP contribution < -0.4 is 10.6 Å². The number of aryl methyl sites for hydroxylation is 1. The number of anilines is 1. The Hall–Kier alpha value is -3.15. The van der Waals surface area contributed by atoms with E-state index in [0.29, 0.717) is 12.0 Å². The minimum Gasteiger partial charge on any atom is -0.341 e. The standard InChI is InChI=1S/C24H31N3O3/c1-16(2)14-21(28)26-23(19-11-7-6-8-12-19)24(30)27(5)15-22(29)25-20-13-9-10-17(3)18(20)4/h6-13,16,23H,14-15H2,1-5H3,(H,25,29)(H,26,28). The highest BCUT2D eigenvalue weighted by atomic mass is 16.2. The molecule has 1 unspecified atom stereocenters. The summed E-state index contributed by atoms with van der Waals surface area (Å²) in [7, 11) is 1.57. The predicted molar refractivity (Wildman–Crippen MR) is 119 cm³/mol. The molecule has 0 aliphatic heterocycles. The topological polar surface area (TPSA) is 78.5 Å². The van der Waals surface area contributed by atoms with E-state index in [2.05, 4.69) is 10.6 Å². The summed E-state index contributed by atoms with van der Waals surface area (Å²) >= 11 is 0. The molecule has 1 atom stereocenters. The van der Waals surface area contributed by atoms with Crippen molar-refractivity contribution >= 4 is 23.4 Å². The van der Waals surface area contributed by atoms with Crippen molar-refractivity contribution in [3.8, 4) is 0 Å². The van der Waals surface area contributed by atoms with E-state index in [1.54, 1.807) is 19.2 Å². The van der Waals surface area contributed by atoms with E-state index in [1.165, 1.54) is 4.90 Å². The molecule has 6 heteroatoms. The van der Waals surface area contributed by atoms with Gasteiger partial charge in [0, 0.05) is 19.2 Å². The van der Waals surface area contributed by atoms with Gasteiger partial charge in [-0.1, -0.05) is 56.3 Å². The molecule has 2 aromatic carbocycles. The molecule has 2 N–H and O–H groups in total. The third-order valence-electron chi connectivity index (χ3n) is 4.91. The Morgan fingerprint density at radius 3 is 2.23 bits per heavy atom. The third-order valence-corrected chi connectivity index (χ3v) is 4.91. The van der Waals surface area contributed by atoms with Gasteiger partial charge in [0.25, 0.3) is 0 Å². The van der Waals surface area contributed by atoms with E-state index in [0.717, 1.165) is 16.8 Å². The Morgan fingerprint density at radius 2 is 1.60 bits per heavy atom. The highest BCUT2D eigenvalue weighted by Gasteiger charge is 2.27. The predicted octanol–water partition coefficient (Wildman–Crippen LogP) is 3.60. The molecule has 2 aromatic rings. The van der Waals surface area contributed by atoms with Crippen molar-refractivity contribution in [1.82, 2.24) is 10.2 Å². The van der Waals surface area contributed by atoms with Gasteiger partial charge in [0.2, 0.25) is 17.7 Å². The van der Waals surface area contributed by atoms with Crippen molar-refractivity contribution in [2.75, 3.05) is 18.9 Å². The molecule has 0 aliphatic rings. The van der Waals surface area contributed by atoms with Crippen LogP contribution in [0.4, 0.5) is 5.69 Å². The molecule has 0 spiro atoms. The Labute approximate surface area is 178 Å². The van der Waals surface area contributed by atoms with Crippen LogP contribution in [0.1, 0.15) is 43.0 Å². The van der Waals surface area contributed by atoms with Crippen molar-refractivity contribution in [2.24, 2.45) is 5.92 Å². The molecule has 30 heavy (non-hydrogen) atoms. The van der Waals surface area contributed by atoms with Crippen LogP contribution >= 0.6 is 0 Å². The monoisotopic (exact) mass is 409 g/mol. The SMILES string of the molecule is Cc1cccc(NC(=O)CN(C)C(=O)C(NC(=O)CC(C)C)c2ccccc2)c1C. The second-order valence-electron chi connectivity index (χ2n) is 8.00. The van der Waals surface area contributed by atoms with Gasteiger partial charge < -0.3 is 15.5 Å². The van der Waals surface area contributed by atoms with Crippen LogP contribution in [-0.2, 0) is 14.4 Å². The fourth-order valence-corrected chi connectivity index (χ4v) is 3.11. The highest BCUT2D eigenvalue weighted by molar-refractivity contribution is 5.96. The maximum Gasteiger partial charge on any atom is 0.250 e. The van der Waals surface area contributed by atoms with Gasteiger partial charge in [0.1, 0.15) is 6.04 Å². The van der Waals surface area contributed by atoms with E-state index in [1.807, 2.05) is 64.1 Å². The van der Waals surface area contributed by atoms with Gasteiger partial charge in [0.15, 0.2) is 0 Å². The number of carbonyl (C=O) groups is 3. The molecule has 160 valence electrons. The summed E-state index contributed by atoms with van der Waals surface area (Å²) in [5.74, 6) is -0.646. The average Bonchev–Trinajstić information content (AvgIpc) is 2.69. The minimum absolute atomic E-state index is 0.115. The maximum atomic E-state index is 13.1. The summed E-state index contributed by atoms with van der Waals surface area (Å²) in [4.78, 5) is 39.3. The zero-order chi connectivity index (χ0) is 22.3. The molecule has 0 fully saturated rings. The number of amides is 3. The lowest BCUT2D eigenvalue weighted by molar-refractivity contribution is -0.137. The molecule has 0 aliphatic carbocycles. The Kier molecular flexibility index (Phi) is 8.16. The largest absolute Gasteiger partial charge is 0.341 e. The lowest BCUT2D eigenvalue weighted by Crippen LogP contribution is -2.44. The molecular formula is C24H31N3O3. The first-order valence-electron chi connectivity index (χ1n) is 10.1. The van der Waals surface area contributed by atoms with Gasteiger partial charge in [-0.2, -0.15) is 0 Å². The van der Waals surface area contributed by atoms with E-state index in [-0.39, 0.29) is 30.2 Å². The molecule has 0 saturated heterocycles. The second-order valence-corrected chi connectivity index (χ2v) is 8.00. The minimum atomic E-state index is -0.837. The van der Waals surface area contributed by atoms with Crippen LogP contribution in [-0.4, -0.2) is 36.2 Å². The van der Waals surface area contributed by atoms with Gasteiger partial charge in [-0.3, -0.25) is 14.4 Å². The van der Waals surface area contributed by atoms with Crippen molar-refractivity contribution in [3.05, 3.63) is 65.2 Å². The zero-order valence-corrected chi connectivity index (χ0v) is 18.4. The quantitative estimate of drug-likeness (QED) is 0.699. The first kappa shape index (κ1) is 23.1. The lowest BCUT2D eigenvalue weighted by Gasteiger charge is -2.25. The highest BCUT2D eigenvalue weighted by Crippen LogP contribution is 2.19. The van der Waals surface area contributed by atoms with Crippen LogP contribution in [0.25, 0.3) is 0 Å². The number of nitrogens with one attached hydrogen (secondary N) is 2. The van der Waals surface area contributed by atoms with Gasteiger partial charge >= 0.3 is 0 Å². The van der Waals surface area contributed by atoms with Gasteiger partial charge in [-0.25, -0.2) is 0 Å². The van der Waals surface area contributed by atoms with Crippen LogP contribution in [0.15, 0.2) is 48.5 Å².